The summed E-state index contributed by atoms with van der Waals surface area (Å²) < 4.78 is 26.2. The van der Waals surface area contributed by atoms with Gasteiger partial charge in [-0.3, -0.25) is 9.59 Å². The van der Waals surface area contributed by atoms with Crippen LogP contribution in [0, 0.1) is 11.6 Å². The molecule has 0 saturated heterocycles. The van der Waals surface area contributed by atoms with Gasteiger partial charge in [0.1, 0.15) is 0 Å². The Bertz CT molecular complexity index is 496. The molecule has 0 aliphatic heterocycles. The second-order valence-electron chi connectivity index (χ2n) is 5.08. The first-order chi connectivity index (χ1) is 8.70. The molecule has 2 amide bonds. The number of amides is 2. The van der Waals surface area contributed by atoms with E-state index in [0.717, 1.165) is 12.1 Å². The maximum Gasteiger partial charge on any atom is 0.254 e. The van der Waals surface area contributed by atoms with E-state index in [-0.39, 0.29) is 6.54 Å². The van der Waals surface area contributed by atoms with Gasteiger partial charge in [0.15, 0.2) is 11.6 Å². The molecule has 0 heterocycles. The molecule has 2 N–H and O–H groups in total. The highest BCUT2D eigenvalue weighted by Crippen LogP contribution is 2.10. The zero-order chi connectivity index (χ0) is 14.6. The summed E-state index contributed by atoms with van der Waals surface area (Å²) in [6, 6.07) is 3.29. The van der Waals surface area contributed by atoms with Crippen LogP contribution < -0.4 is 10.6 Å². The van der Waals surface area contributed by atoms with Crippen LogP contribution in [0.4, 0.5) is 8.78 Å². The smallest absolute Gasteiger partial charge is 0.254 e. The summed E-state index contributed by atoms with van der Waals surface area (Å²) in [7, 11) is 0. The van der Waals surface area contributed by atoms with E-state index < -0.39 is 34.6 Å². The summed E-state index contributed by atoms with van der Waals surface area (Å²) in [5.74, 6) is -3.57. The van der Waals surface area contributed by atoms with Gasteiger partial charge in [0.05, 0.1) is 12.1 Å². The number of nitrogens with one attached hydrogen (secondary N) is 2. The van der Waals surface area contributed by atoms with Gasteiger partial charge in [0.2, 0.25) is 5.91 Å². The van der Waals surface area contributed by atoms with Crippen molar-refractivity contribution in [1.29, 1.82) is 0 Å². The molecular weight excluding hydrogens is 254 g/mol. The molecule has 104 valence electrons. The Labute approximate surface area is 110 Å². The third-order valence-corrected chi connectivity index (χ3v) is 2.12. The molecule has 1 aromatic rings. The van der Waals surface area contributed by atoms with Gasteiger partial charge in [-0.2, -0.15) is 0 Å². The molecule has 6 heteroatoms. The van der Waals surface area contributed by atoms with Crippen molar-refractivity contribution in [3.63, 3.8) is 0 Å². The zero-order valence-corrected chi connectivity index (χ0v) is 11.0. The molecule has 4 nitrogen and oxygen atoms in total. The molecule has 1 aromatic carbocycles. The first kappa shape index (κ1) is 15.1. The number of rotatable bonds is 3. The average Bonchev–Trinajstić information content (AvgIpc) is 2.27. The van der Waals surface area contributed by atoms with E-state index in [1.807, 2.05) is 0 Å². The van der Waals surface area contributed by atoms with E-state index in [1.165, 1.54) is 6.07 Å². The van der Waals surface area contributed by atoms with Gasteiger partial charge in [0.25, 0.3) is 5.91 Å². The van der Waals surface area contributed by atoms with Crippen molar-refractivity contribution in [1.82, 2.24) is 10.6 Å². The zero-order valence-electron chi connectivity index (χ0n) is 11.0. The molecule has 0 aromatic heterocycles. The fourth-order valence-corrected chi connectivity index (χ4v) is 1.40. The lowest BCUT2D eigenvalue weighted by molar-refractivity contribution is -0.121. The van der Waals surface area contributed by atoms with Gasteiger partial charge < -0.3 is 10.6 Å². The third kappa shape index (κ3) is 4.65. The van der Waals surface area contributed by atoms with Crippen LogP contribution in [0.5, 0.6) is 0 Å². The van der Waals surface area contributed by atoms with Gasteiger partial charge in [-0.15, -0.1) is 0 Å². The van der Waals surface area contributed by atoms with Gasteiger partial charge in [-0.25, -0.2) is 8.78 Å². The minimum absolute atomic E-state index is 0.300. The van der Waals surface area contributed by atoms with Crippen molar-refractivity contribution in [2.75, 3.05) is 6.54 Å². The predicted molar refractivity (Wildman–Crippen MR) is 66.6 cm³/mol. The molecule has 0 unspecified atom stereocenters. The Hall–Kier alpha value is -1.98. The molecular formula is C13H16F2N2O2. The minimum atomic E-state index is -1.23. The summed E-state index contributed by atoms with van der Waals surface area (Å²) in [6.45, 7) is 5.07. The lowest BCUT2D eigenvalue weighted by Gasteiger charge is -2.20. The maximum atomic E-state index is 13.3. The van der Waals surface area contributed by atoms with Gasteiger partial charge in [-0.05, 0) is 32.9 Å². The van der Waals surface area contributed by atoms with E-state index >= 15 is 0 Å². The van der Waals surface area contributed by atoms with Crippen LogP contribution in [0.25, 0.3) is 0 Å². The molecule has 0 atom stereocenters. The van der Waals surface area contributed by atoms with Gasteiger partial charge >= 0.3 is 0 Å². The molecule has 19 heavy (non-hydrogen) atoms. The second-order valence-corrected chi connectivity index (χ2v) is 5.08. The van der Waals surface area contributed by atoms with Gasteiger partial charge in [0, 0.05) is 5.54 Å². The summed E-state index contributed by atoms with van der Waals surface area (Å²) in [5, 5.41) is 4.86. The van der Waals surface area contributed by atoms with Crippen LogP contribution in [-0.4, -0.2) is 23.9 Å². The molecule has 0 saturated carbocycles. The van der Waals surface area contributed by atoms with Crippen molar-refractivity contribution in [3.8, 4) is 0 Å². The predicted octanol–water partition coefficient (Wildman–Crippen LogP) is 1.61. The number of carbonyl (C=O) groups excluding carboxylic acids is 2. The Kier molecular flexibility index (Phi) is 4.58. The molecule has 0 spiro atoms. The summed E-state index contributed by atoms with van der Waals surface area (Å²) in [5.41, 5.74) is -0.852. The van der Waals surface area contributed by atoms with Crippen LogP contribution in [0.15, 0.2) is 18.2 Å². The Balaban J connectivity index is 2.61. The number of halogens is 2. The number of benzene rings is 1. The molecule has 0 aliphatic rings. The van der Waals surface area contributed by atoms with E-state index in [2.05, 4.69) is 10.6 Å². The number of hydrogen-bond acceptors (Lipinski definition) is 2. The van der Waals surface area contributed by atoms with E-state index in [0.29, 0.717) is 0 Å². The monoisotopic (exact) mass is 270 g/mol. The van der Waals surface area contributed by atoms with Crippen molar-refractivity contribution < 1.29 is 18.4 Å². The number of carbonyl (C=O) groups is 2. The Morgan fingerprint density at radius 1 is 1.21 bits per heavy atom. The third-order valence-electron chi connectivity index (χ3n) is 2.12. The SMILES string of the molecule is CC(C)(C)NC(=O)CNC(=O)c1cccc(F)c1F. The first-order valence-electron chi connectivity index (χ1n) is 5.74. The highest BCUT2D eigenvalue weighted by atomic mass is 19.2. The molecule has 0 fully saturated rings. The summed E-state index contributed by atoms with van der Waals surface area (Å²) >= 11 is 0. The highest BCUT2D eigenvalue weighted by Gasteiger charge is 2.17. The van der Waals surface area contributed by atoms with E-state index in [9.17, 15) is 18.4 Å². The molecule has 0 bridgehead atoms. The van der Waals surface area contributed by atoms with Crippen LogP contribution in [0.2, 0.25) is 0 Å². The molecule has 0 aliphatic carbocycles. The highest BCUT2D eigenvalue weighted by molar-refractivity contribution is 5.96. The fourth-order valence-electron chi connectivity index (χ4n) is 1.40. The van der Waals surface area contributed by atoms with Crippen molar-refractivity contribution in [2.45, 2.75) is 26.3 Å². The number of hydrogen-bond donors (Lipinski definition) is 2. The topological polar surface area (TPSA) is 58.2 Å². The van der Waals surface area contributed by atoms with E-state index in [1.54, 1.807) is 20.8 Å². The minimum Gasteiger partial charge on any atom is -0.350 e. The quantitative estimate of drug-likeness (QED) is 0.876. The Morgan fingerprint density at radius 2 is 1.84 bits per heavy atom. The van der Waals surface area contributed by atoms with Crippen LogP contribution in [-0.2, 0) is 4.79 Å². The normalized spacial score (nSPS) is 11.0. The Morgan fingerprint density at radius 3 is 2.42 bits per heavy atom. The van der Waals surface area contributed by atoms with Crippen molar-refractivity contribution >= 4 is 11.8 Å². The first-order valence-corrected chi connectivity index (χ1v) is 5.74. The fraction of sp³-hybridized carbons (Fsp3) is 0.385. The largest absolute Gasteiger partial charge is 0.350 e. The van der Waals surface area contributed by atoms with Crippen molar-refractivity contribution in [2.24, 2.45) is 0 Å². The van der Waals surface area contributed by atoms with E-state index in [4.69, 9.17) is 0 Å². The van der Waals surface area contributed by atoms with Crippen LogP contribution >= 0.6 is 0 Å². The summed E-state index contributed by atoms with van der Waals surface area (Å²) in [4.78, 5) is 23.0. The van der Waals surface area contributed by atoms with Gasteiger partial charge in [-0.1, -0.05) is 6.07 Å². The molecule has 1 rings (SSSR count). The van der Waals surface area contributed by atoms with Crippen molar-refractivity contribution in [3.05, 3.63) is 35.4 Å². The van der Waals surface area contributed by atoms with Crippen LogP contribution in [0.3, 0.4) is 0 Å². The molecule has 0 radical (unpaired) electrons. The average molecular weight is 270 g/mol. The summed E-state index contributed by atoms with van der Waals surface area (Å²) in [6.07, 6.45) is 0. The lowest BCUT2D eigenvalue weighted by Crippen LogP contribution is -2.45. The maximum absolute atomic E-state index is 13.3. The second kappa shape index (κ2) is 5.77. The standard InChI is InChI=1S/C13H16F2N2O2/c1-13(2,3)17-10(18)7-16-12(19)8-5-4-6-9(14)11(8)15/h4-6H,7H2,1-3H3,(H,16,19)(H,17,18). The lowest BCUT2D eigenvalue weighted by atomic mass is 10.1. The van der Waals surface area contributed by atoms with Crippen LogP contribution in [0.1, 0.15) is 31.1 Å².